The molecule has 1 aliphatic heterocycles. The molecule has 2 aliphatic rings. The lowest BCUT2D eigenvalue weighted by atomic mass is 9.95. The molecule has 0 bridgehead atoms. The van der Waals surface area contributed by atoms with Gasteiger partial charge in [0.2, 0.25) is 0 Å². The Kier molecular flexibility index (Phi) is 2.18. The summed E-state index contributed by atoms with van der Waals surface area (Å²) in [4.78, 5) is 6.48. The second-order valence-electron chi connectivity index (χ2n) is 5.39. The molecule has 2 fully saturated rings. The monoisotopic (exact) mass is 217 g/mol. The predicted octanol–water partition coefficient (Wildman–Crippen LogP) is 1.76. The topological polar surface area (TPSA) is 28.2 Å². The van der Waals surface area contributed by atoms with Gasteiger partial charge in [0.1, 0.15) is 0 Å². The molecule has 1 aliphatic carbocycles. The van der Waals surface area contributed by atoms with Crippen LogP contribution in [0.15, 0.2) is 18.5 Å². The Bertz CT molecular complexity index is 396. The lowest BCUT2D eigenvalue weighted by Gasteiger charge is -2.20. The number of hydrogen-bond donors (Lipinski definition) is 1. The first-order valence-electron chi connectivity index (χ1n) is 6.06. The minimum Gasteiger partial charge on any atom is -0.377 e. The van der Waals surface area contributed by atoms with Crippen LogP contribution in [0.25, 0.3) is 0 Å². The molecule has 1 unspecified atom stereocenters. The minimum absolute atomic E-state index is 0.504. The molecular weight excluding hydrogens is 198 g/mol. The van der Waals surface area contributed by atoms with Gasteiger partial charge in [-0.25, -0.2) is 0 Å². The Morgan fingerprint density at radius 3 is 2.88 bits per heavy atom. The summed E-state index contributed by atoms with van der Waals surface area (Å²) in [6.45, 7) is 1.12. The van der Waals surface area contributed by atoms with Crippen molar-refractivity contribution in [3.05, 3.63) is 24.0 Å². The highest BCUT2D eigenvalue weighted by molar-refractivity contribution is 5.53. The number of anilines is 1. The standard InChI is InChI=1S/C13H19N3/c1-16(2)12-3-6-14-9-11(12)10-7-13(4-5-13)15-8-10/h3,6,9-10,15H,4-5,7-8H2,1-2H3. The first-order valence-corrected chi connectivity index (χ1v) is 6.06. The highest BCUT2D eigenvalue weighted by Crippen LogP contribution is 2.48. The van der Waals surface area contributed by atoms with Crippen LogP contribution in [0.1, 0.15) is 30.7 Å². The number of hydrogen-bond acceptors (Lipinski definition) is 3. The fraction of sp³-hybridized carbons (Fsp3) is 0.615. The van der Waals surface area contributed by atoms with Crippen LogP contribution < -0.4 is 10.2 Å². The minimum atomic E-state index is 0.504. The molecule has 3 nitrogen and oxygen atoms in total. The highest BCUT2D eigenvalue weighted by atomic mass is 15.1. The number of rotatable bonds is 2. The second kappa shape index (κ2) is 3.45. The van der Waals surface area contributed by atoms with Crippen molar-refractivity contribution in [3.63, 3.8) is 0 Å². The molecule has 1 N–H and O–H groups in total. The molecule has 3 rings (SSSR count). The second-order valence-corrected chi connectivity index (χ2v) is 5.39. The van der Waals surface area contributed by atoms with E-state index in [-0.39, 0.29) is 0 Å². The summed E-state index contributed by atoms with van der Waals surface area (Å²) in [5, 5.41) is 3.68. The molecule has 0 radical (unpaired) electrons. The van der Waals surface area contributed by atoms with Gasteiger partial charge in [0.25, 0.3) is 0 Å². The molecular formula is C13H19N3. The third-order valence-electron chi connectivity index (χ3n) is 3.96. The van der Waals surface area contributed by atoms with Gasteiger partial charge in [-0.3, -0.25) is 4.98 Å². The average Bonchev–Trinajstić information content (AvgIpc) is 2.89. The van der Waals surface area contributed by atoms with Gasteiger partial charge in [0.05, 0.1) is 0 Å². The van der Waals surface area contributed by atoms with E-state index in [0.717, 1.165) is 6.54 Å². The molecule has 2 heterocycles. The molecule has 3 heteroatoms. The molecule has 1 saturated carbocycles. The number of aromatic nitrogens is 1. The molecule has 1 spiro atoms. The molecule has 1 saturated heterocycles. The Hall–Kier alpha value is -1.09. The van der Waals surface area contributed by atoms with E-state index in [1.165, 1.54) is 30.5 Å². The lowest BCUT2D eigenvalue weighted by molar-refractivity contribution is 0.594. The summed E-state index contributed by atoms with van der Waals surface area (Å²) in [7, 11) is 4.21. The van der Waals surface area contributed by atoms with Crippen LogP contribution in [0.2, 0.25) is 0 Å². The largest absolute Gasteiger partial charge is 0.377 e. The Balaban J connectivity index is 1.88. The van der Waals surface area contributed by atoms with Gasteiger partial charge in [-0.2, -0.15) is 0 Å². The maximum atomic E-state index is 4.29. The van der Waals surface area contributed by atoms with E-state index in [0.29, 0.717) is 11.5 Å². The third kappa shape index (κ3) is 1.59. The molecule has 0 aromatic carbocycles. The van der Waals surface area contributed by atoms with Gasteiger partial charge >= 0.3 is 0 Å². The van der Waals surface area contributed by atoms with Gasteiger partial charge in [-0.15, -0.1) is 0 Å². The molecule has 1 atom stereocenters. The molecule has 1 aromatic heterocycles. The molecule has 0 amide bonds. The number of nitrogens with one attached hydrogen (secondary N) is 1. The van der Waals surface area contributed by atoms with Crippen molar-refractivity contribution in [2.45, 2.75) is 30.7 Å². The fourth-order valence-electron chi connectivity index (χ4n) is 2.83. The number of nitrogens with zero attached hydrogens (tertiary/aromatic N) is 2. The van der Waals surface area contributed by atoms with Crippen molar-refractivity contribution < 1.29 is 0 Å². The van der Waals surface area contributed by atoms with Gasteiger partial charge < -0.3 is 10.2 Å². The zero-order chi connectivity index (χ0) is 11.2. The van der Waals surface area contributed by atoms with Gasteiger partial charge in [-0.1, -0.05) is 0 Å². The average molecular weight is 217 g/mol. The van der Waals surface area contributed by atoms with Crippen molar-refractivity contribution in [2.75, 3.05) is 25.5 Å². The fourth-order valence-corrected chi connectivity index (χ4v) is 2.83. The summed E-state index contributed by atoms with van der Waals surface area (Å²) >= 11 is 0. The molecule has 1 aromatic rings. The van der Waals surface area contributed by atoms with E-state index in [1.807, 2.05) is 12.4 Å². The molecule has 16 heavy (non-hydrogen) atoms. The van der Waals surface area contributed by atoms with E-state index in [1.54, 1.807) is 0 Å². The SMILES string of the molecule is CN(C)c1ccncc1C1CNC2(CC2)C1. The van der Waals surface area contributed by atoms with Crippen LogP contribution in [0.4, 0.5) is 5.69 Å². The van der Waals surface area contributed by atoms with Crippen LogP contribution in [0.3, 0.4) is 0 Å². The van der Waals surface area contributed by atoms with E-state index in [4.69, 9.17) is 0 Å². The Labute approximate surface area is 96.9 Å². The van der Waals surface area contributed by atoms with Gasteiger partial charge in [-0.05, 0) is 30.9 Å². The van der Waals surface area contributed by atoms with Crippen LogP contribution >= 0.6 is 0 Å². The van der Waals surface area contributed by atoms with Gasteiger partial charge in [0.15, 0.2) is 0 Å². The normalized spacial score (nSPS) is 26.0. The lowest BCUT2D eigenvalue weighted by Crippen LogP contribution is -2.22. The van der Waals surface area contributed by atoms with E-state index < -0.39 is 0 Å². The van der Waals surface area contributed by atoms with E-state index in [9.17, 15) is 0 Å². The first kappa shape index (κ1) is 10.1. The maximum absolute atomic E-state index is 4.29. The van der Waals surface area contributed by atoms with Crippen molar-refractivity contribution in [1.29, 1.82) is 0 Å². The predicted molar refractivity (Wildman–Crippen MR) is 65.9 cm³/mol. The maximum Gasteiger partial charge on any atom is 0.0427 e. The van der Waals surface area contributed by atoms with Crippen molar-refractivity contribution in [1.82, 2.24) is 10.3 Å². The third-order valence-corrected chi connectivity index (χ3v) is 3.96. The molecule has 86 valence electrons. The zero-order valence-electron chi connectivity index (χ0n) is 10.0. The zero-order valence-corrected chi connectivity index (χ0v) is 10.0. The highest BCUT2D eigenvalue weighted by Gasteiger charge is 2.48. The van der Waals surface area contributed by atoms with E-state index >= 15 is 0 Å². The number of pyridine rings is 1. The summed E-state index contributed by atoms with van der Waals surface area (Å²) < 4.78 is 0. The van der Waals surface area contributed by atoms with E-state index in [2.05, 4.69) is 35.4 Å². The van der Waals surface area contributed by atoms with Crippen LogP contribution in [0.5, 0.6) is 0 Å². The van der Waals surface area contributed by atoms with Crippen LogP contribution in [-0.4, -0.2) is 31.2 Å². The van der Waals surface area contributed by atoms with Crippen molar-refractivity contribution >= 4 is 5.69 Å². The Morgan fingerprint density at radius 1 is 1.44 bits per heavy atom. The summed E-state index contributed by atoms with van der Waals surface area (Å²) in [5.41, 5.74) is 3.23. The Morgan fingerprint density at radius 2 is 2.25 bits per heavy atom. The first-order chi connectivity index (χ1) is 7.70. The smallest absolute Gasteiger partial charge is 0.0427 e. The summed E-state index contributed by atoms with van der Waals surface area (Å²) in [6.07, 6.45) is 7.94. The van der Waals surface area contributed by atoms with Gasteiger partial charge in [0, 0.05) is 50.2 Å². The van der Waals surface area contributed by atoms with Crippen LogP contribution in [0, 0.1) is 0 Å². The summed E-state index contributed by atoms with van der Waals surface area (Å²) in [6, 6.07) is 2.12. The summed E-state index contributed by atoms with van der Waals surface area (Å²) in [5.74, 6) is 0.647. The van der Waals surface area contributed by atoms with Crippen molar-refractivity contribution in [3.8, 4) is 0 Å². The van der Waals surface area contributed by atoms with Crippen molar-refractivity contribution in [2.24, 2.45) is 0 Å². The quantitative estimate of drug-likeness (QED) is 0.818. The van der Waals surface area contributed by atoms with Crippen LogP contribution in [-0.2, 0) is 0 Å².